The summed E-state index contributed by atoms with van der Waals surface area (Å²) in [4.78, 5) is 25.2. The summed E-state index contributed by atoms with van der Waals surface area (Å²) in [6.45, 7) is 4.16. The summed E-state index contributed by atoms with van der Waals surface area (Å²) in [7, 11) is 0. The first-order valence-corrected chi connectivity index (χ1v) is 9.19. The minimum atomic E-state index is -0.140. The Morgan fingerprint density at radius 3 is 2.92 bits per heavy atom. The molecule has 5 nitrogen and oxygen atoms in total. The Morgan fingerprint density at radius 2 is 2.04 bits per heavy atom. The highest BCUT2D eigenvalue weighted by atomic mass is 32.2. The monoisotopic (exact) mass is 353 g/mol. The van der Waals surface area contributed by atoms with Crippen molar-refractivity contribution in [2.75, 3.05) is 5.32 Å². The molecule has 2 aromatic rings. The molecule has 2 aliphatic heterocycles. The fraction of sp³-hybridized carbons (Fsp3) is 0.263. The highest BCUT2D eigenvalue weighted by molar-refractivity contribution is 8.00. The van der Waals surface area contributed by atoms with Gasteiger partial charge in [-0.1, -0.05) is 18.2 Å². The molecule has 1 unspecified atom stereocenters. The van der Waals surface area contributed by atoms with Gasteiger partial charge in [-0.2, -0.15) is 0 Å². The molecule has 0 aliphatic carbocycles. The Hall–Kier alpha value is -2.31. The number of fused-ring (bicyclic) bond motifs is 2. The first-order chi connectivity index (χ1) is 12.1. The highest BCUT2D eigenvalue weighted by Gasteiger charge is 2.23. The van der Waals surface area contributed by atoms with Crippen molar-refractivity contribution in [2.24, 2.45) is 0 Å². The number of carbonyl (C=O) groups is 2. The molecule has 0 saturated carbocycles. The second-order valence-corrected chi connectivity index (χ2v) is 7.73. The lowest BCUT2D eigenvalue weighted by molar-refractivity contribution is -0.115. The molecule has 1 atom stereocenters. The Balaban J connectivity index is 1.45. The van der Waals surface area contributed by atoms with E-state index in [2.05, 4.69) is 34.1 Å². The summed E-state index contributed by atoms with van der Waals surface area (Å²) in [6, 6.07) is 11.7. The molecule has 0 saturated heterocycles. The third-order valence-corrected chi connectivity index (χ3v) is 5.70. The lowest BCUT2D eigenvalue weighted by Gasteiger charge is -2.21. The van der Waals surface area contributed by atoms with Crippen molar-refractivity contribution in [1.29, 1.82) is 0 Å². The maximum absolute atomic E-state index is 12.4. The summed E-state index contributed by atoms with van der Waals surface area (Å²) < 4.78 is 0. The maximum atomic E-state index is 12.4. The molecule has 3 N–H and O–H groups in total. The van der Waals surface area contributed by atoms with Crippen LogP contribution < -0.4 is 16.0 Å². The van der Waals surface area contributed by atoms with E-state index in [-0.39, 0.29) is 17.1 Å². The molecule has 0 radical (unpaired) electrons. The van der Waals surface area contributed by atoms with Gasteiger partial charge in [-0.3, -0.25) is 9.59 Å². The van der Waals surface area contributed by atoms with Crippen LogP contribution in [0.4, 0.5) is 5.69 Å². The molecule has 2 aromatic carbocycles. The number of anilines is 1. The SMILES string of the molecule is CC1Sc2ccc(C(=O)NCc3ccc4c(c3)CNC4)cc2NC1=O. The van der Waals surface area contributed by atoms with Crippen LogP contribution in [-0.2, 0) is 24.4 Å². The number of rotatable bonds is 3. The lowest BCUT2D eigenvalue weighted by atomic mass is 10.1. The zero-order valence-corrected chi connectivity index (χ0v) is 14.7. The van der Waals surface area contributed by atoms with Crippen LogP contribution in [0.15, 0.2) is 41.3 Å². The van der Waals surface area contributed by atoms with Crippen LogP contribution in [0.1, 0.15) is 34.0 Å². The standard InChI is InChI=1S/C19H19N3O2S/c1-11-18(23)22-16-7-13(4-5-17(16)25-11)19(24)21-8-12-2-3-14-9-20-10-15(14)6-12/h2-7,11,20H,8-10H2,1H3,(H,21,24)(H,22,23). The van der Waals surface area contributed by atoms with Crippen molar-refractivity contribution in [3.05, 3.63) is 58.7 Å². The van der Waals surface area contributed by atoms with Gasteiger partial charge >= 0.3 is 0 Å². The molecule has 2 amide bonds. The normalized spacial score (nSPS) is 18.3. The summed E-state index contributed by atoms with van der Waals surface area (Å²) in [5.41, 5.74) is 4.98. The van der Waals surface area contributed by atoms with Crippen LogP contribution in [0.25, 0.3) is 0 Å². The summed E-state index contributed by atoms with van der Waals surface area (Å²) >= 11 is 1.51. The van der Waals surface area contributed by atoms with E-state index in [9.17, 15) is 9.59 Å². The minimum Gasteiger partial charge on any atom is -0.348 e. The predicted octanol–water partition coefficient (Wildman–Crippen LogP) is 2.65. The largest absolute Gasteiger partial charge is 0.348 e. The van der Waals surface area contributed by atoms with E-state index < -0.39 is 0 Å². The molecular formula is C19H19N3O2S. The molecule has 2 heterocycles. The van der Waals surface area contributed by atoms with Crippen LogP contribution >= 0.6 is 11.8 Å². The van der Waals surface area contributed by atoms with E-state index in [1.807, 2.05) is 13.0 Å². The van der Waals surface area contributed by atoms with Gasteiger partial charge in [0.15, 0.2) is 0 Å². The Morgan fingerprint density at radius 1 is 1.20 bits per heavy atom. The van der Waals surface area contributed by atoms with E-state index in [0.717, 1.165) is 23.5 Å². The molecule has 2 aliphatic rings. The molecular weight excluding hydrogens is 334 g/mol. The van der Waals surface area contributed by atoms with E-state index in [0.29, 0.717) is 17.8 Å². The number of hydrogen-bond acceptors (Lipinski definition) is 4. The van der Waals surface area contributed by atoms with Crippen LogP contribution in [-0.4, -0.2) is 17.1 Å². The van der Waals surface area contributed by atoms with E-state index in [4.69, 9.17) is 0 Å². The average Bonchev–Trinajstić information content (AvgIpc) is 3.08. The predicted molar refractivity (Wildman–Crippen MR) is 98.5 cm³/mol. The Labute approximate surface area is 150 Å². The molecule has 0 aromatic heterocycles. The second kappa shape index (κ2) is 6.54. The van der Waals surface area contributed by atoms with E-state index in [1.54, 1.807) is 12.1 Å². The number of nitrogens with one attached hydrogen (secondary N) is 3. The van der Waals surface area contributed by atoms with Crippen molar-refractivity contribution in [1.82, 2.24) is 10.6 Å². The number of hydrogen-bond donors (Lipinski definition) is 3. The maximum Gasteiger partial charge on any atom is 0.251 e. The van der Waals surface area contributed by atoms with Crippen molar-refractivity contribution >= 4 is 29.3 Å². The zero-order valence-electron chi connectivity index (χ0n) is 13.9. The van der Waals surface area contributed by atoms with Gasteiger partial charge in [0.2, 0.25) is 5.91 Å². The fourth-order valence-electron chi connectivity index (χ4n) is 3.09. The fourth-order valence-corrected chi connectivity index (χ4v) is 4.02. The van der Waals surface area contributed by atoms with Crippen molar-refractivity contribution in [3.8, 4) is 0 Å². The van der Waals surface area contributed by atoms with Gasteiger partial charge < -0.3 is 16.0 Å². The van der Waals surface area contributed by atoms with Gasteiger partial charge in [-0.05, 0) is 41.8 Å². The second-order valence-electron chi connectivity index (χ2n) is 6.35. The topological polar surface area (TPSA) is 70.2 Å². The third-order valence-electron chi connectivity index (χ3n) is 4.53. The summed E-state index contributed by atoms with van der Waals surface area (Å²) in [5.74, 6) is -0.166. The molecule has 128 valence electrons. The molecule has 0 fully saturated rings. The van der Waals surface area contributed by atoms with Gasteiger partial charge in [-0.25, -0.2) is 0 Å². The highest BCUT2D eigenvalue weighted by Crippen LogP contribution is 2.35. The van der Waals surface area contributed by atoms with E-state index in [1.165, 1.54) is 22.9 Å². The smallest absolute Gasteiger partial charge is 0.251 e. The average molecular weight is 353 g/mol. The zero-order chi connectivity index (χ0) is 17.4. The number of benzene rings is 2. The first-order valence-electron chi connectivity index (χ1n) is 8.31. The number of amides is 2. The first kappa shape index (κ1) is 16.2. The third kappa shape index (κ3) is 3.27. The number of thioether (sulfide) groups is 1. The van der Waals surface area contributed by atoms with Crippen LogP contribution in [0.3, 0.4) is 0 Å². The molecule has 4 rings (SSSR count). The summed E-state index contributed by atoms with van der Waals surface area (Å²) in [5, 5.41) is 9.02. The molecule has 6 heteroatoms. The summed E-state index contributed by atoms with van der Waals surface area (Å²) in [6.07, 6.45) is 0. The van der Waals surface area contributed by atoms with Crippen molar-refractivity contribution in [2.45, 2.75) is 36.7 Å². The Bertz CT molecular complexity index is 866. The van der Waals surface area contributed by atoms with E-state index >= 15 is 0 Å². The van der Waals surface area contributed by atoms with Gasteiger partial charge in [0.1, 0.15) is 0 Å². The molecule has 25 heavy (non-hydrogen) atoms. The van der Waals surface area contributed by atoms with Gasteiger partial charge in [0.25, 0.3) is 5.91 Å². The van der Waals surface area contributed by atoms with Crippen LogP contribution in [0, 0.1) is 0 Å². The van der Waals surface area contributed by atoms with Crippen molar-refractivity contribution in [3.63, 3.8) is 0 Å². The van der Waals surface area contributed by atoms with Crippen LogP contribution in [0.5, 0.6) is 0 Å². The lowest BCUT2D eigenvalue weighted by Crippen LogP contribution is -2.27. The number of carbonyl (C=O) groups excluding carboxylic acids is 2. The van der Waals surface area contributed by atoms with Gasteiger partial charge in [0.05, 0.1) is 10.9 Å². The minimum absolute atomic E-state index is 0.0261. The van der Waals surface area contributed by atoms with Crippen LogP contribution in [0.2, 0.25) is 0 Å². The molecule has 0 spiro atoms. The van der Waals surface area contributed by atoms with Gasteiger partial charge in [0, 0.05) is 30.1 Å². The quantitative estimate of drug-likeness (QED) is 0.793. The van der Waals surface area contributed by atoms with Gasteiger partial charge in [-0.15, -0.1) is 11.8 Å². The Kier molecular flexibility index (Phi) is 4.23. The van der Waals surface area contributed by atoms with Crippen molar-refractivity contribution < 1.29 is 9.59 Å². The molecule has 0 bridgehead atoms.